The van der Waals surface area contributed by atoms with Gasteiger partial charge in [-0.15, -0.1) is 0 Å². The first kappa shape index (κ1) is 27.0. The van der Waals surface area contributed by atoms with Crippen molar-refractivity contribution in [3.63, 3.8) is 0 Å². The minimum atomic E-state index is -0.532. The van der Waals surface area contributed by atoms with Crippen LogP contribution in [0.5, 0.6) is 17.2 Å². The highest BCUT2D eigenvalue weighted by molar-refractivity contribution is 6.34. The highest BCUT2D eigenvalue weighted by atomic mass is 35.5. The average Bonchev–Trinajstić information content (AvgIpc) is 2.81. The Morgan fingerprint density at radius 1 is 1.11 bits per heavy atom. The molecule has 35 heavy (non-hydrogen) atoms. The standard InChI is InChI=1S/C25H22Cl3F2NO4/c1-15(29)3-4-17(16(2)26)14-34-23-12-19(25(32)31-7-9-33-10-8-31)20(27)13-24(23)35-22-6-5-18(30)11-21(22)28/h3-6,11-13H,2,7-10,14H2,1H3/b15-3+,17-4-. The normalized spacial score (nSPS) is 14.6. The van der Waals surface area contributed by atoms with Gasteiger partial charge in [-0.2, -0.15) is 0 Å². The third-order valence-corrected chi connectivity index (χ3v) is 5.77. The van der Waals surface area contributed by atoms with Crippen LogP contribution in [0, 0.1) is 5.82 Å². The summed E-state index contributed by atoms with van der Waals surface area (Å²) in [5.74, 6) is -0.858. The van der Waals surface area contributed by atoms with Crippen molar-refractivity contribution in [3.8, 4) is 17.2 Å². The van der Waals surface area contributed by atoms with Gasteiger partial charge in [0, 0.05) is 29.8 Å². The number of hydrogen-bond donors (Lipinski definition) is 0. The maximum absolute atomic E-state index is 13.5. The fourth-order valence-corrected chi connectivity index (χ4v) is 3.65. The van der Waals surface area contributed by atoms with E-state index >= 15 is 0 Å². The minimum absolute atomic E-state index is 0.0267. The smallest absolute Gasteiger partial charge is 0.255 e. The summed E-state index contributed by atoms with van der Waals surface area (Å²) in [6.07, 6.45) is 2.65. The molecule has 0 aromatic heterocycles. The van der Waals surface area contributed by atoms with Gasteiger partial charge >= 0.3 is 0 Å². The second-order valence-electron chi connectivity index (χ2n) is 7.50. The van der Waals surface area contributed by atoms with Crippen molar-refractivity contribution >= 4 is 40.7 Å². The van der Waals surface area contributed by atoms with Crippen LogP contribution in [0.25, 0.3) is 0 Å². The van der Waals surface area contributed by atoms with Crippen LogP contribution < -0.4 is 9.47 Å². The van der Waals surface area contributed by atoms with Gasteiger partial charge in [0.25, 0.3) is 5.91 Å². The lowest BCUT2D eigenvalue weighted by molar-refractivity contribution is 0.0302. The van der Waals surface area contributed by atoms with Crippen LogP contribution in [0.15, 0.2) is 65.5 Å². The molecular formula is C25H22Cl3F2NO4. The summed E-state index contributed by atoms with van der Waals surface area (Å²) in [5, 5.41) is 0.291. The van der Waals surface area contributed by atoms with Crippen molar-refractivity contribution in [2.75, 3.05) is 32.9 Å². The van der Waals surface area contributed by atoms with Gasteiger partial charge in [0.1, 0.15) is 18.2 Å². The number of hydrogen-bond acceptors (Lipinski definition) is 4. The van der Waals surface area contributed by atoms with Crippen molar-refractivity contribution in [2.24, 2.45) is 0 Å². The number of morpholine rings is 1. The van der Waals surface area contributed by atoms with Gasteiger partial charge in [-0.1, -0.05) is 47.5 Å². The zero-order chi connectivity index (χ0) is 25.5. The number of nitrogens with zero attached hydrogens (tertiary/aromatic N) is 1. The van der Waals surface area contributed by atoms with E-state index in [0.717, 1.165) is 6.07 Å². The van der Waals surface area contributed by atoms with E-state index < -0.39 is 11.6 Å². The van der Waals surface area contributed by atoms with E-state index in [1.807, 2.05) is 0 Å². The van der Waals surface area contributed by atoms with Crippen LogP contribution in [0.3, 0.4) is 0 Å². The summed E-state index contributed by atoms with van der Waals surface area (Å²) >= 11 is 18.6. The zero-order valence-corrected chi connectivity index (χ0v) is 21.0. The molecule has 5 nitrogen and oxygen atoms in total. The molecule has 1 heterocycles. The third-order valence-electron chi connectivity index (χ3n) is 4.92. The number of allylic oxidation sites excluding steroid dienone is 3. The monoisotopic (exact) mass is 543 g/mol. The lowest BCUT2D eigenvalue weighted by Gasteiger charge is -2.27. The molecular weight excluding hydrogens is 523 g/mol. The van der Waals surface area contributed by atoms with Gasteiger partial charge in [0.05, 0.1) is 34.6 Å². The van der Waals surface area contributed by atoms with E-state index in [0.29, 0.717) is 31.9 Å². The molecule has 0 bridgehead atoms. The van der Waals surface area contributed by atoms with Crippen molar-refractivity contribution in [1.82, 2.24) is 4.90 Å². The first-order chi connectivity index (χ1) is 16.7. The zero-order valence-electron chi connectivity index (χ0n) is 18.8. The summed E-state index contributed by atoms with van der Waals surface area (Å²) in [6, 6.07) is 6.48. The fraction of sp³-hybridized carbons (Fsp3) is 0.240. The molecule has 1 fully saturated rings. The summed E-state index contributed by atoms with van der Waals surface area (Å²) in [4.78, 5) is 14.7. The molecule has 1 saturated heterocycles. The van der Waals surface area contributed by atoms with E-state index in [1.165, 1.54) is 43.3 Å². The Morgan fingerprint density at radius 2 is 1.83 bits per heavy atom. The Labute approximate surface area is 217 Å². The molecule has 2 aromatic carbocycles. The SMILES string of the molecule is C=C(Cl)/C(=C\C=C(/C)F)COc1cc(C(=O)N2CCOCC2)c(Cl)cc1Oc1ccc(F)cc1Cl. The van der Waals surface area contributed by atoms with Crippen molar-refractivity contribution in [3.05, 3.63) is 86.9 Å². The van der Waals surface area contributed by atoms with Crippen LogP contribution in [-0.4, -0.2) is 43.7 Å². The van der Waals surface area contributed by atoms with Gasteiger partial charge in [0.15, 0.2) is 11.5 Å². The molecule has 0 unspecified atom stereocenters. The van der Waals surface area contributed by atoms with Crippen LogP contribution in [0.4, 0.5) is 8.78 Å². The number of amides is 1. The third kappa shape index (κ3) is 7.45. The number of carbonyl (C=O) groups is 1. The predicted molar refractivity (Wildman–Crippen MR) is 133 cm³/mol. The Kier molecular flexibility index (Phi) is 9.57. The molecule has 3 rings (SSSR count). The summed E-state index contributed by atoms with van der Waals surface area (Å²) in [7, 11) is 0. The van der Waals surface area contributed by atoms with Gasteiger partial charge in [0.2, 0.25) is 0 Å². The number of carbonyl (C=O) groups excluding carboxylic acids is 1. The molecule has 2 aromatic rings. The Morgan fingerprint density at radius 3 is 2.46 bits per heavy atom. The van der Waals surface area contributed by atoms with Crippen molar-refractivity contribution in [1.29, 1.82) is 0 Å². The lowest BCUT2D eigenvalue weighted by atomic mass is 10.1. The summed E-state index contributed by atoms with van der Waals surface area (Å²) in [6.45, 7) is 6.51. The van der Waals surface area contributed by atoms with Gasteiger partial charge < -0.3 is 19.1 Å². The van der Waals surface area contributed by atoms with E-state index in [-0.39, 0.29) is 50.4 Å². The molecule has 1 aliphatic rings. The molecule has 1 aliphatic heterocycles. The van der Waals surface area contributed by atoms with Crippen LogP contribution >= 0.6 is 34.8 Å². The minimum Gasteiger partial charge on any atom is -0.485 e. The first-order valence-electron chi connectivity index (χ1n) is 10.5. The van der Waals surface area contributed by atoms with Gasteiger partial charge in [-0.05, 0) is 37.3 Å². The van der Waals surface area contributed by atoms with Crippen molar-refractivity contribution in [2.45, 2.75) is 6.92 Å². The molecule has 0 radical (unpaired) electrons. The highest BCUT2D eigenvalue weighted by Crippen LogP contribution is 2.39. The topological polar surface area (TPSA) is 48.0 Å². The Hall–Kier alpha value is -2.58. The predicted octanol–water partition coefficient (Wildman–Crippen LogP) is 7.33. The molecule has 0 spiro atoms. The Bertz CT molecular complexity index is 1170. The van der Waals surface area contributed by atoms with E-state index in [9.17, 15) is 13.6 Å². The molecule has 0 atom stereocenters. The average molecular weight is 545 g/mol. The molecule has 10 heteroatoms. The van der Waals surface area contributed by atoms with E-state index in [2.05, 4.69) is 6.58 Å². The van der Waals surface area contributed by atoms with Gasteiger partial charge in [-0.3, -0.25) is 4.79 Å². The largest absolute Gasteiger partial charge is 0.485 e. The number of ether oxygens (including phenoxy) is 3. The van der Waals surface area contributed by atoms with Crippen LogP contribution in [0.2, 0.25) is 10.0 Å². The van der Waals surface area contributed by atoms with Crippen LogP contribution in [0.1, 0.15) is 17.3 Å². The Balaban J connectivity index is 1.98. The van der Waals surface area contributed by atoms with Gasteiger partial charge in [-0.25, -0.2) is 8.78 Å². The van der Waals surface area contributed by atoms with E-state index in [4.69, 9.17) is 49.0 Å². The quantitative estimate of drug-likeness (QED) is 0.327. The van der Waals surface area contributed by atoms with E-state index in [1.54, 1.807) is 4.90 Å². The maximum atomic E-state index is 13.5. The van der Waals surface area contributed by atoms with Crippen molar-refractivity contribution < 1.29 is 27.8 Å². The van der Waals surface area contributed by atoms with Crippen LogP contribution in [-0.2, 0) is 4.74 Å². The lowest BCUT2D eigenvalue weighted by Crippen LogP contribution is -2.40. The molecule has 0 N–H and O–H groups in total. The first-order valence-corrected chi connectivity index (χ1v) is 11.6. The molecule has 1 amide bonds. The summed E-state index contributed by atoms with van der Waals surface area (Å²) < 4.78 is 43.7. The number of rotatable bonds is 8. The highest BCUT2D eigenvalue weighted by Gasteiger charge is 2.24. The molecule has 0 aliphatic carbocycles. The fourth-order valence-electron chi connectivity index (χ4n) is 3.09. The maximum Gasteiger partial charge on any atom is 0.255 e. The number of benzene rings is 2. The second kappa shape index (κ2) is 12.4. The summed E-state index contributed by atoms with van der Waals surface area (Å²) in [5.41, 5.74) is 0.585. The second-order valence-corrected chi connectivity index (χ2v) is 8.77. The number of halogens is 5. The molecule has 0 saturated carbocycles. The molecule has 186 valence electrons.